The molecule has 2 aliphatic rings. The minimum Gasteiger partial charge on any atom is -0.356 e. The van der Waals surface area contributed by atoms with Crippen LogP contribution in [0.4, 0.5) is 5.82 Å². The second-order valence-corrected chi connectivity index (χ2v) is 4.45. The molecule has 4 nitrogen and oxygen atoms in total. The van der Waals surface area contributed by atoms with E-state index in [4.69, 9.17) is 5.73 Å². The van der Waals surface area contributed by atoms with Crippen molar-refractivity contribution in [3.63, 3.8) is 0 Å². The fourth-order valence-electron chi connectivity index (χ4n) is 2.86. The van der Waals surface area contributed by atoms with Crippen molar-refractivity contribution in [2.75, 3.05) is 24.5 Å². The lowest BCUT2D eigenvalue weighted by Crippen LogP contribution is -2.27. The van der Waals surface area contributed by atoms with Gasteiger partial charge in [0.25, 0.3) is 0 Å². The van der Waals surface area contributed by atoms with Gasteiger partial charge in [-0.15, -0.1) is 0 Å². The van der Waals surface area contributed by atoms with Crippen LogP contribution in [0.5, 0.6) is 0 Å². The third kappa shape index (κ3) is 1.00. The Morgan fingerprint density at radius 3 is 2.71 bits per heavy atom. The lowest BCUT2D eigenvalue weighted by Gasteiger charge is -2.21. The number of piperidine rings is 1. The molecule has 0 amide bonds. The molecule has 1 aliphatic carbocycles. The van der Waals surface area contributed by atoms with Crippen LogP contribution in [0, 0.1) is 17.8 Å². The topological polar surface area (TPSA) is 47.1 Å². The minimum atomic E-state index is 0.805. The van der Waals surface area contributed by atoms with Crippen molar-refractivity contribution < 1.29 is 0 Å². The zero-order valence-corrected chi connectivity index (χ0v) is 8.43. The van der Waals surface area contributed by atoms with Crippen molar-refractivity contribution in [3.8, 4) is 0 Å². The monoisotopic (exact) mass is 192 g/mol. The van der Waals surface area contributed by atoms with Gasteiger partial charge in [0.1, 0.15) is 5.82 Å². The highest BCUT2D eigenvalue weighted by atomic mass is 15.4. The van der Waals surface area contributed by atoms with Crippen molar-refractivity contribution in [2.45, 2.75) is 0 Å². The molecule has 76 valence electrons. The van der Waals surface area contributed by atoms with Crippen molar-refractivity contribution in [1.82, 2.24) is 9.78 Å². The first-order chi connectivity index (χ1) is 6.81. The molecular formula is C10H16N4. The molecule has 0 spiro atoms. The number of rotatable bonds is 2. The van der Waals surface area contributed by atoms with Gasteiger partial charge in [0.05, 0.1) is 6.20 Å². The van der Waals surface area contributed by atoms with Gasteiger partial charge in [-0.25, -0.2) is 0 Å². The molecule has 1 aliphatic heterocycles. The maximum absolute atomic E-state index is 5.68. The number of aromatic nitrogens is 2. The summed E-state index contributed by atoms with van der Waals surface area (Å²) in [6.07, 6.45) is 1.86. The molecule has 1 aromatic rings. The molecule has 1 saturated carbocycles. The second-order valence-electron chi connectivity index (χ2n) is 4.45. The van der Waals surface area contributed by atoms with Crippen molar-refractivity contribution in [1.29, 1.82) is 0 Å². The standard InChI is InChI=1S/C10H16N4/c1-13-10(2-3-12-13)14-5-8-7(4-11)9(8)6-14/h2-3,7-9H,4-6,11H2,1H3. The summed E-state index contributed by atoms with van der Waals surface area (Å²) < 4.78 is 1.95. The Labute approximate surface area is 83.7 Å². The van der Waals surface area contributed by atoms with Gasteiger partial charge in [0, 0.05) is 26.2 Å². The summed E-state index contributed by atoms with van der Waals surface area (Å²) >= 11 is 0. The third-order valence-electron chi connectivity index (χ3n) is 3.76. The van der Waals surface area contributed by atoms with Crippen LogP contribution in [0.25, 0.3) is 0 Å². The molecule has 2 heterocycles. The molecule has 14 heavy (non-hydrogen) atoms. The number of hydrogen-bond acceptors (Lipinski definition) is 3. The van der Waals surface area contributed by atoms with Crippen LogP contribution in [0.15, 0.2) is 12.3 Å². The van der Waals surface area contributed by atoms with Crippen LogP contribution in [0.2, 0.25) is 0 Å². The summed E-state index contributed by atoms with van der Waals surface area (Å²) in [4.78, 5) is 2.43. The van der Waals surface area contributed by atoms with Crippen LogP contribution in [0.3, 0.4) is 0 Å². The maximum atomic E-state index is 5.68. The summed E-state index contributed by atoms with van der Waals surface area (Å²) in [6, 6.07) is 2.09. The van der Waals surface area contributed by atoms with Gasteiger partial charge in [-0.2, -0.15) is 5.10 Å². The zero-order chi connectivity index (χ0) is 9.71. The van der Waals surface area contributed by atoms with Gasteiger partial charge in [0.2, 0.25) is 0 Å². The molecule has 1 saturated heterocycles. The molecule has 0 aromatic carbocycles. The third-order valence-corrected chi connectivity index (χ3v) is 3.76. The van der Waals surface area contributed by atoms with E-state index in [1.807, 2.05) is 17.9 Å². The number of nitrogens with zero attached hydrogens (tertiary/aromatic N) is 3. The largest absolute Gasteiger partial charge is 0.356 e. The predicted octanol–water partition coefficient (Wildman–Crippen LogP) is 0.0610. The maximum Gasteiger partial charge on any atom is 0.126 e. The number of hydrogen-bond donors (Lipinski definition) is 1. The van der Waals surface area contributed by atoms with Crippen LogP contribution >= 0.6 is 0 Å². The Hall–Kier alpha value is -1.03. The SMILES string of the molecule is Cn1nccc1N1CC2C(CN)C2C1. The van der Waals surface area contributed by atoms with Crippen LogP contribution in [0.1, 0.15) is 0 Å². The molecule has 2 N–H and O–H groups in total. The van der Waals surface area contributed by atoms with Gasteiger partial charge in [-0.3, -0.25) is 4.68 Å². The van der Waals surface area contributed by atoms with E-state index < -0.39 is 0 Å². The Morgan fingerprint density at radius 2 is 2.21 bits per heavy atom. The highest BCUT2D eigenvalue weighted by molar-refractivity contribution is 5.42. The molecule has 2 atom stereocenters. The zero-order valence-electron chi connectivity index (χ0n) is 8.43. The molecule has 0 radical (unpaired) electrons. The van der Waals surface area contributed by atoms with Crippen molar-refractivity contribution in [2.24, 2.45) is 30.5 Å². The van der Waals surface area contributed by atoms with Crippen LogP contribution in [-0.2, 0) is 7.05 Å². The Balaban J connectivity index is 1.72. The van der Waals surface area contributed by atoms with Gasteiger partial charge in [0.15, 0.2) is 0 Å². The first-order valence-corrected chi connectivity index (χ1v) is 5.24. The van der Waals surface area contributed by atoms with Gasteiger partial charge >= 0.3 is 0 Å². The summed E-state index contributed by atoms with van der Waals surface area (Å²) in [5, 5.41) is 4.19. The Bertz CT molecular complexity index is 334. The molecule has 3 rings (SSSR count). The van der Waals surface area contributed by atoms with E-state index >= 15 is 0 Å². The molecule has 1 aromatic heterocycles. The first-order valence-electron chi connectivity index (χ1n) is 5.24. The lowest BCUT2D eigenvalue weighted by atomic mass is 10.2. The number of aryl methyl sites for hydroxylation is 1. The average Bonchev–Trinajstić information content (AvgIpc) is 2.57. The van der Waals surface area contributed by atoms with E-state index in [9.17, 15) is 0 Å². The molecule has 0 bridgehead atoms. The van der Waals surface area contributed by atoms with E-state index in [0.717, 1.165) is 24.3 Å². The number of anilines is 1. The fraction of sp³-hybridized carbons (Fsp3) is 0.700. The predicted molar refractivity (Wildman–Crippen MR) is 54.9 cm³/mol. The van der Waals surface area contributed by atoms with Crippen LogP contribution in [-0.4, -0.2) is 29.4 Å². The summed E-state index contributed by atoms with van der Waals surface area (Å²) in [5.74, 6) is 3.76. The van der Waals surface area contributed by atoms with E-state index in [1.165, 1.54) is 18.9 Å². The average molecular weight is 192 g/mol. The van der Waals surface area contributed by atoms with Crippen molar-refractivity contribution in [3.05, 3.63) is 12.3 Å². The van der Waals surface area contributed by atoms with E-state index in [0.29, 0.717) is 0 Å². The van der Waals surface area contributed by atoms with E-state index in [-0.39, 0.29) is 0 Å². The Morgan fingerprint density at radius 1 is 1.50 bits per heavy atom. The summed E-state index contributed by atoms with van der Waals surface area (Å²) in [7, 11) is 2.00. The molecule has 2 fully saturated rings. The minimum absolute atomic E-state index is 0.805. The lowest BCUT2D eigenvalue weighted by molar-refractivity contribution is 0.628. The highest BCUT2D eigenvalue weighted by Crippen LogP contribution is 2.51. The van der Waals surface area contributed by atoms with Gasteiger partial charge in [-0.05, 0) is 24.3 Å². The molecular weight excluding hydrogens is 176 g/mol. The normalized spacial score (nSPS) is 34.7. The van der Waals surface area contributed by atoms with Gasteiger partial charge < -0.3 is 10.6 Å². The molecule has 2 unspecified atom stereocenters. The molecule has 4 heteroatoms. The Kier molecular flexibility index (Phi) is 1.62. The first kappa shape index (κ1) is 8.29. The van der Waals surface area contributed by atoms with Crippen molar-refractivity contribution >= 4 is 5.82 Å². The van der Waals surface area contributed by atoms with E-state index in [2.05, 4.69) is 16.1 Å². The van der Waals surface area contributed by atoms with Crippen LogP contribution < -0.4 is 10.6 Å². The quantitative estimate of drug-likeness (QED) is 0.721. The summed E-state index contributed by atoms with van der Waals surface area (Å²) in [6.45, 7) is 3.21. The van der Waals surface area contributed by atoms with E-state index in [1.54, 1.807) is 0 Å². The summed E-state index contributed by atoms with van der Waals surface area (Å²) in [5.41, 5.74) is 5.68. The number of nitrogens with two attached hydrogens (primary N) is 1. The highest BCUT2D eigenvalue weighted by Gasteiger charge is 2.54. The second kappa shape index (κ2) is 2.73. The smallest absolute Gasteiger partial charge is 0.126 e. The van der Waals surface area contributed by atoms with Gasteiger partial charge in [-0.1, -0.05) is 0 Å². The fourth-order valence-corrected chi connectivity index (χ4v) is 2.86. The number of fused-ring (bicyclic) bond motifs is 1.